The molecule has 0 saturated heterocycles. The zero-order valence-electron chi connectivity index (χ0n) is 11.7. The zero-order chi connectivity index (χ0) is 15.4. The van der Waals surface area contributed by atoms with Crippen LogP contribution in [0.5, 0.6) is 0 Å². The minimum absolute atomic E-state index is 0.200. The van der Waals surface area contributed by atoms with Gasteiger partial charge in [-0.1, -0.05) is 35.5 Å². The van der Waals surface area contributed by atoms with Gasteiger partial charge in [-0.2, -0.15) is 0 Å². The van der Waals surface area contributed by atoms with Gasteiger partial charge in [0.2, 0.25) is 5.76 Å². The molecule has 1 aliphatic carbocycles. The van der Waals surface area contributed by atoms with Crippen LogP contribution in [0.4, 0.5) is 0 Å². The number of benzene rings is 1. The number of carbonyl (C=O) groups excluding carboxylic acids is 1. The highest BCUT2D eigenvalue weighted by Gasteiger charge is 2.31. The third kappa shape index (κ3) is 3.82. The Labute approximate surface area is 145 Å². The van der Waals surface area contributed by atoms with Crippen LogP contribution in [0.3, 0.4) is 0 Å². The maximum absolute atomic E-state index is 12.1. The molecule has 1 aromatic carbocycles. The number of hydrogen-bond acceptors (Lipinski definition) is 5. The predicted molar refractivity (Wildman–Crippen MR) is 93.5 cm³/mol. The van der Waals surface area contributed by atoms with Gasteiger partial charge in [0.1, 0.15) is 5.69 Å². The third-order valence-corrected chi connectivity index (χ3v) is 4.71. The molecule has 1 fully saturated rings. The van der Waals surface area contributed by atoms with Gasteiger partial charge >= 0.3 is 0 Å². The maximum atomic E-state index is 12.1. The Kier molecular flexibility index (Phi) is 5.37. The Morgan fingerprint density at radius 1 is 1.41 bits per heavy atom. The summed E-state index contributed by atoms with van der Waals surface area (Å²) in [5.41, 5.74) is 1.60. The van der Waals surface area contributed by atoms with Crippen LogP contribution in [0.15, 0.2) is 40.9 Å². The van der Waals surface area contributed by atoms with Crippen LogP contribution in [0, 0.1) is 5.92 Å². The normalized spacial score (nSPS) is 20.4. The molecule has 1 amide bonds. The van der Waals surface area contributed by atoms with E-state index in [1.165, 1.54) is 9.21 Å². The van der Waals surface area contributed by atoms with Crippen molar-refractivity contribution in [2.45, 2.75) is 18.9 Å². The molecule has 7 heteroatoms. The van der Waals surface area contributed by atoms with E-state index >= 15 is 0 Å². The number of halogens is 1. The highest BCUT2D eigenvalue weighted by molar-refractivity contribution is 14.2. The Bertz CT molecular complexity index is 629. The van der Waals surface area contributed by atoms with Crippen LogP contribution >= 0.6 is 30.4 Å². The molecule has 0 unspecified atom stereocenters. The fourth-order valence-corrected chi connectivity index (χ4v) is 3.18. The van der Waals surface area contributed by atoms with Crippen LogP contribution in [0.1, 0.15) is 23.4 Å². The second kappa shape index (κ2) is 7.47. The molecule has 116 valence electrons. The Hall–Kier alpha value is -1.06. The average molecular weight is 430 g/mol. The number of nitrogens with zero attached hydrogens (tertiary/aromatic N) is 1. The van der Waals surface area contributed by atoms with Crippen molar-refractivity contribution < 1.29 is 13.5 Å². The lowest BCUT2D eigenvalue weighted by molar-refractivity contribution is 0.0826. The molecule has 1 N–H and O–H groups in total. The average Bonchev–Trinajstić information content (AvgIpc) is 3.00. The SMILES string of the molecule is O=C(NC1CC(COSI)C1)c1cc(-c2ccccc2)no1. The highest BCUT2D eigenvalue weighted by atomic mass is 127. The summed E-state index contributed by atoms with van der Waals surface area (Å²) in [7, 11) is 1.35. The van der Waals surface area contributed by atoms with E-state index in [1.807, 2.05) is 30.3 Å². The van der Waals surface area contributed by atoms with E-state index in [0.717, 1.165) is 25.0 Å². The first-order valence-corrected chi connectivity index (χ1v) is 10.3. The molecule has 0 radical (unpaired) electrons. The number of amides is 1. The van der Waals surface area contributed by atoms with E-state index in [4.69, 9.17) is 8.71 Å². The summed E-state index contributed by atoms with van der Waals surface area (Å²) in [5, 5.41) is 6.92. The van der Waals surface area contributed by atoms with Crippen LogP contribution < -0.4 is 5.32 Å². The maximum Gasteiger partial charge on any atom is 0.290 e. The van der Waals surface area contributed by atoms with Crippen molar-refractivity contribution in [3.8, 4) is 11.3 Å². The first-order valence-electron chi connectivity index (χ1n) is 6.99. The fraction of sp³-hybridized carbons (Fsp3) is 0.333. The summed E-state index contributed by atoms with van der Waals surface area (Å²) in [6.45, 7) is 0.737. The monoisotopic (exact) mass is 430 g/mol. The molecule has 3 rings (SSSR count). The minimum atomic E-state index is -0.206. The van der Waals surface area contributed by atoms with Crippen LogP contribution in [-0.4, -0.2) is 23.7 Å². The van der Waals surface area contributed by atoms with E-state index in [1.54, 1.807) is 6.07 Å². The lowest BCUT2D eigenvalue weighted by Crippen LogP contribution is -2.45. The smallest absolute Gasteiger partial charge is 0.290 e. The summed E-state index contributed by atoms with van der Waals surface area (Å²) in [6.07, 6.45) is 1.89. The van der Waals surface area contributed by atoms with Gasteiger partial charge in [-0.05, 0) is 18.8 Å². The molecular weight excluding hydrogens is 415 g/mol. The Morgan fingerprint density at radius 2 is 2.18 bits per heavy atom. The number of rotatable bonds is 6. The molecule has 0 aliphatic heterocycles. The summed E-state index contributed by atoms with van der Waals surface area (Å²) in [4.78, 5) is 12.1. The minimum Gasteiger partial charge on any atom is -0.350 e. The topological polar surface area (TPSA) is 64.4 Å². The zero-order valence-corrected chi connectivity index (χ0v) is 14.7. The lowest BCUT2D eigenvalue weighted by Gasteiger charge is -2.34. The van der Waals surface area contributed by atoms with Crippen LogP contribution in [0.2, 0.25) is 0 Å². The Balaban J connectivity index is 1.53. The molecule has 1 aromatic heterocycles. The predicted octanol–water partition coefficient (Wildman–Crippen LogP) is 3.86. The van der Waals surface area contributed by atoms with Gasteiger partial charge in [0.15, 0.2) is 0 Å². The molecule has 0 atom stereocenters. The van der Waals surface area contributed by atoms with E-state index < -0.39 is 0 Å². The highest BCUT2D eigenvalue weighted by Crippen LogP contribution is 2.30. The molecule has 1 aliphatic rings. The first-order chi connectivity index (χ1) is 10.8. The van der Waals surface area contributed by atoms with E-state index in [-0.39, 0.29) is 17.7 Å². The van der Waals surface area contributed by atoms with Gasteiger partial charge in [0, 0.05) is 38.9 Å². The van der Waals surface area contributed by atoms with Gasteiger partial charge in [-0.3, -0.25) is 4.79 Å². The van der Waals surface area contributed by atoms with Crippen molar-refractivity contribution >= 4 is 36.3 Å². The molecule has 1 heterocycles. The summed E-state index contributed by atoms with van der Waals surface area (Å²) in [5.74, 6) is 0.575. The van der Waals surface area contributed by atoms with Crippen molar-refractivity contribution in [3.63, 3.8) is 0 Å². The molecular formula is C15H15IN2O3S. The fourth-order valence-electron chi connectivity index (χ4n) is 2.50. The second-order valence-electron chi connectivity index (χ2n) is 5.30. The first kappa shape index (κ1) is 15.8. The number of carbonyl (C=O) groups is 1. The van der Waals surface area contributed by atoms with Crippen LogP contribution in [0.25, 0.3) is 11.3 Å². The molecule has 0 spiro atoms. The van der Waals surface area contributed by atoms with E-state index in [9.17, 15) is 4.79 Å². The van der Waals surface area contributed by atoms with Gasteiger partial charge in [0.25, 0.3) is 5.91 Å². The van der Waals surface area contributed by atoms with Crippen molar-refractivity contribution in [3.05, 3.63) is 42.2 Å². The lowest BCUT2D eigenvalue weighted by atomic mass is 9.81. The van der Waals surface area contributed by atoms with E-state index in [0.29, 0.717) is 11.6 Å². The summed E-state index contributed by atoms with van der Waals surface area (Å²) in [6, 6.07) is 11.5. The number of hydrogen-bond donors (Lipinski definition) is 1. The number of nitrogens with one attached hydrogen (secondary N) is 1. The van der Waals surface area contributed by atoms with Crippen molar-refractivity contribution in [1.29, 1.82) is 0 Å². The van der Waals surface area contributed by atoms with E-state index in [2.05, 4.69) is 31.7 Å². The quantitative estimate of drug-likeness (QED) is 0.557. The van der Waals surface area contributed by atoms with Gasteiger partial charge in [-0.15, -0.1) is 0 Å². The van der Waals surface area contributed by atoms with Gasteiger partial charge in [-0.25, -0.2) is 0 Å². The summed E-state index contributed by atoms with van der Waals surface area (Å²) >= 11 is 2.11. The molecule has 22 heavy (non-hydrogen) atoms. The standard InChI is InChI=1S/C15H15IN2O3S/c16-22-20-9-10-6-12(7-10)17-15(19)14-8-13(18-21-14)11-4-2-1-3-5-11/h1-5,8,10,12H,6-7,9H2,(H,17,19). The van der Waals surface area contributed by atoms with Crippen molar-refractivity contribution in [2.75, 3.05) is 6.61 Å². The Morgan fingerprint density at radius 3 is 2.91 bits per heavy atom. The molecule has 1 saturated carbocycles. The van der Waals surface area contributed by atoms with Crippen molar-refractivity contribution in [1.82, 2.24) is 10.5 Å². The summed E-state index contributed by atoms with van der Waals surface area (Å²) < 4.78 is 10.4. The van der Waals surface area contributed by atoms with Gasteiger partial charge in [0.05, 0.1) is 15.8 Å². The molecule has 5 nitrogen and oxygen atoms in total. The van der Waals surface area contributed by atoms with Gasteiger partial charge < -0.3 is 14.0 Å². The number of aromatic nitrogens is 1. The largest absolute Gasteiger partial charge is 0.350 e. The van der Waals surface area contributed by atoms with Crippen molar-refractivity contribution in [2.24, 2.45) is 5.92 Å². The molecule has 0 bridgehead atoms. The third-order valence-electron chi connectivity index (χ3n) is 3.72. The molecule has 2 aromatic rings. The van der Waals surface area contributed by atoms with Crippen LogP contribution in [-0.2, 0) is 4.18 Å². The second-order valence-corrected chi connectivity index (χ2v) is 6.74.